The van der Waals surface area contributed by atoms with Crippen molar-refractivity contribution in [1.82, 2.24) is 10.2 Å². The normalized spacial score (nSPS) is 11.9. The highest BCUT2D eigenvalue weighted by Gasteiger charge is 2.18. The molecule has 2 heterocycles. The van der Waals surface area contributed by atoms with Crippen molar-refractivity contribution in [3.8, 4) is 10.6 Å². The van der Waals surface area contributed by atoms with E-state index in [1.165, 1.54) is 6.26 Å². The molecule has 0 aliphatic rings. The highest BCUT2D eigenvalue weighted by Crippen LogP contribution is 2.26. The van der Waals surface area contributed by atoms with Gasteiger partial charge in [0, 0.05) is 10.7 Å². The molecule has 0 aliphatic carbocycles. The molecule has 3 aromatic rings. The van der Waals surface area contributed by atoms with Crippen LogP contribution in [0.25, 0.3) is 21.5 Å². The Hall–Kier alpha value is -1.58. The summed E-state index contributed by atoms with van der Waals surface area (Å²) in [6.45, 7) is 0. The molecular weight excluding hydrogens is 380 g/mol. The van der Waals surface area contributed by atoms with Crippen molar-refractivity contribution in [2.45, 2.75) is 4.34 Å². The topological polar surface area (TPSA) is 90.1 Å². The average Bonchev–Trinajstić information content (AvgIpc) is 2.88. The molecule has 9 heteroatoms. The Kier molecular flexibility index (Phi) is 3.42. The van der Waals surface area contributed by atoms with Crippen LogP contribution in [0, 0.1) is 0 Å². The molecule has 0 amide bonds. The van der Waals surface area contributed by atoms with Crippen LogP contribution in [-0.2, 0) is 9.84 Å². The van der Waals surface area contributed by atoms with Crippen molar-refractivity contribution in [3.63, 3.8) is 0 Å². The van der Waals surface area contributed by atoms with Gasteiger partial charge in [-0.2, -0.15) is 0 Å². The summed E-state index contributed by atoms with van der Waals surface area (Å²) in [5, 5.41) is 7.96. The first-order valence-electron chi connectivity index (χ1n) is 5.61. The van der Waals surface area contributed by atoms with E-state index in [-0.39, 0.29) is 20.3 Å². The Balaban J connectivity index is 2.22. The number of rotatable bonds is 2. The van der Waals surface area contributed by atoms with Crippen molar-refractivity contribution >= 4 is 48.1 Å². The monoisotopic (exact) mass is 386 g/mol. The Morgan fingerprint density at radius 2 is 2.05 bits per heavy atom. The zero-order chi connectivity index (χ0) is 15.2. The van der Waals surface area contributed by atoms with Crippen LogP contribution in [0.2, 0.25) is 0 Å². The molecule has 21 heavy (non-hydrogen) atoms. The number of hydrogen-bond acceptors (Lipinski definition) is 7. The fraction of sp³-hybridized carbons (Fsp3) is 0.0833. The predicted molar refractivity (Wildman–Crippen MR) is 82.2 cm³/mol. The lowest BCUT2D eigenvalue weighted by Crippen LogP contribution is -2.04. The summed E-state index contributed by atoms with van der Waals surface area (Å²) in [6.07, 6.45) is 2.31. The molecule has 6 nitrogen and oxygen atoms in total. The van der Waals surface area contributed by atoms with Crippen LogP contribution < -0.4 is 5.43 Å². The van der Waals surface area contributed by atoms with E-state index in [9.17, 15) is 13.2 Å². The largest absolute Gasteiger partial charge is 0.463 e. The van der Waals surface area contributed by atoms with Crippen molar-refractivity contribution in [3.05, 3.63) is 39.2 Å². The molecule has 0 bridgehead atoms. The maximum absolute atomic E-state index is 12.4. The van der Waals surface area contributed by atoms with Gasteiger partial charge in [-0.05, 0) is 18.2 Å². The van der Waals surface area contributed by atoms with Gasteiger partial charge in [0.05, 0.1) is 10.9 Å². The Labute approximate surface area is 131 Å². The van der Waals surface area contributed by atoms with Gasteiger partial charge in [0.25, 0.3) is 0 Å². The van der Waals surface area contributed by atoms with Crippen molar-refractivity contribution in [1.29, 1.82) is 0 Å². The van der Waals surface area contributed by atoms with Gasteiger partial charge < -0.3 is 4.42 Å². The molecule has 0 atom stereocenters. The summed E-state index contributed by atoms with van der Waals surface area (Å²) in [4.78, 5) is 12.4. The van der Waals surface area contributed by atoms with Gasteiger partial charge in [-0.15, -0.1) is 10.2 Å². The number of aromatic nitrogens is 2. The molecule has 3 rings (SSSR count). The minimum Gasteiger partial charge on any atom is -0.463 e. The van der Waals surface area contributed by atoms with Gasteiger partial charge in [-0.3, -0.25) is 4.79 Å². The second-order valence-electron chi connectivity index (χ2n) is 4.26. The SMILES string of the molecule is CS(=O)(=O)c1nnc(-c2coc3cc(Br)ccc3c2=O)s1. The average molecular weight is 387 g/mol. The van der Waals surface area contributed by atoms with E-state index in [0.717, 1.165) is 22.1 Å². The first-order chi connectivity index (χ1) is 9.86. The highest BCUT2D eigenvalue weighted by molar-refractivity contribution is 9.10. The highest BCUT2D eigenvalue weighted by atomic mass is 79.9. The van der Waals surface area contributed by atoms with Gasteiger partial charge in [-0.1, -0.05) is 27.3 Å². The molecular formula is C12H7BrN2O4S2. The number of hydrogen-bond donors (Lipinski definition) is 0. The van der Waals surface area contributed by atoms with Crippen LogP contribution in [0.1, 0.15) is 0 Å². The fourth-order valence-corrected chi connectivity index (χ4v) is 3.67. The Morgan fingerprint density at radius 3 is 2.71 bits per heavy atom. The minimum absolute atomic E-state index is 0.132. The summed E-state index contributed by atoms with van der Waals surface area (Å²) in [5.41, 5.74) is 0.350. The fourth-order valence-electron chi connectivity index (χ4n) is 1.72. The lowest BCUT2D eigenvalue weighted by molar-refractivity contribution is 0.600. The minimum atomic E-state index is -3.44. The molecule has 0 unspecified atom stereocenters. The third-order valence-corrected chi connectivity index (χ3v) is 5.81. The van der Waals surface area contributed by atoms with Crippen LogP contribution in [0.3, 0.4) is 0 Å². The predicted octanol–water partition coefficient (Wildman–Crippen LogP) is 2.48. The molecule has 0 spiro atoms. The van der Waals surface area contributed by atoms with E-state index in [1.807, 2.05) is 0 Å². The Bertz CT molecular complexity index is 1010. The van der Waals surface area contributed by atoms with Crippen LogP contribution in [0.5, 0.6) is 0 Å². The third-order valence-electron chi connectivity index (χ3n) is 2.69. The van der Waals surface area contributed by atoms with Crippen LogP contribution in [-0.4, -0.2) is 24.9 Å². The Morgan fingerprint density at radius 1 is 1.29 bits per heavy atom. The maximum atomic E-state index is 12.4. The molecule has 0 fully saturated rings. The molecule has 1 aromatic carbocycles. The van der Waals surface area contributed by atoms with E-state index in [1.54, 1.807) is 18.2 Å². The number of benzene rings is 1. The van der Waals surface area contributed by atoms with E-state index in [2.05, 4.69) is 26.1 Å². The lowest BCUT2D eigenvalue weighted by atomic mass is 10.2. The summed E-state index contributed by atoms with van der Waals surface area (Å²) in [7, 11) is -3.44. The number of sulfone groups is 1. The molecule has 108 valence electrons. The van der Waals surface area contributed by atoms with Gasteiger partial charge in [0.1, 0.15) is 11.8 Å². The molecule has 0 radical (unpaired) electrons. The molecule has 2 aromatic heterocycles. The van der Waals surface area contributed by atoms with Gasteiger partial charge in [0.15, 0.2) is 5.01 Å². The summed E-state index contributed by atoms with van der Waals surface area (Å²) in [6, 6.07) is 5.04. The van der Waals surface area contributed by atoms with Crippen LogP contribution in [0.15, 0.2) is 42.5 Å². The number of nitrogens with zero attached hydrogens (tertiary/aromatic N) is 2. The van der Waals surface area contributed by atoms with Crippen LogP contribution >= 0.6 is 27.3 Å². The van der Waals surface area contributed by atoms with Gasteiger partial charge >= 0.3 is 0 Å². The standard InChI is InChI=1S/C12H7BrN2O4S2/c1-21(17,18)12-15-14-11(20-12)8-5-19-9-4-6(13)2-3-7(9)10(8)16/h2-5H,1H3. The number of halogens is 1. The van der Waals surface area contributed by atoms with Crippen molar-refractivity contribution < 1.29 is 12.8 Å². The number of fused-ring (bicyclic) bond motifs is 1. The van der Waals surface area contributed by atoms with E-state index in [0.29, 0.717) is 11.0 Å². The van der Waals surface area contributed by atoms with Gasteiger partial charge in [0.2, 0.25) is 19.6 Å². The second-order valence-corrected chi connectivity index (χ2v) is 8.35. The third kappa shape index (κ3) is 2.63. The lowest BCUT2D eigenvalue weighted by Gasteiger charge is -1.99. The second kappa shape index (κ2) is 5.00. The zero-order valence-corrected chi connectivity index (χ0v) is 13.8. The maximum Gasteiger partial charge on any atom is 0.232 e. The first-order valence-corrected chi connectivity index (χ1v) is 9.11. The molecule has 0 saturated heterocycles. The van der Waals surface area contributed by atoms with Crippen molar-refractivity contribution in [2.24, 2.45) is 0 Å². The van der Waals surface area contributed by atoms with E-state index in [4.69, 9.17) is 4.42 Å². The summed E-state index contributed by atoms with van der Waals surface area (Å²) in [5.74, 6) is 0. The van der Waals surface area contributed by atoms with Crippen LogP contribution in [0.4, 0.5) is 0 Å². The van der Waals surface area contributed by atoms with E-state index < -0.39 is 9.84 Å². The molecule has 0 saturated carbocycles. The zero-order valence-electron chi connectivity index (χ0n) is 10.5. The first kappa shape index (κ1) is 14.4. The van der Waals surface area contributed by atoms with E-state index >= 15 is 0 Å². The molecule has 0 N–H and O–H groups in total. The molecule has 0 aliphatic heterocycles. The summed E-state index contributed by atoms with van der Waals surface area (Å²) >= 11 is 4.14. The van der Waals surface area contributed by atoms with Crippen molar-refractivity contribution in [2.75, 3.05) is 6.26 Å². The van der Waals surface area contributed by atoms with Gasteiger partial charge in [-0.25, -0.2) is 8.42 Å². The smallest absolute Gasteiger partial charge is 0.232 e. The summed E-state index contributed by atoms with van der Waals surface area (Å²) < 4.78 is 28.9. The quantitative estimate of drug-likeness (QED) is 0.671.